The van der Waals surface area contributed by atoms with Crippen molar-refractivity contribution in [2.45, 2.75) is 25.8 Å². The number of carbonyl (C=O) groups is 1. The van der Waals surface area contributed by atoms with Crippen molar-refractivity contribution >= 4 is 5.78 Å². The van der Waals surface area contributed by atoms with E-state index in [1.54, 1.807) is 7.11 Å². The minimum Gasteiger partial charge on any atom is -0.496 e. The Labute approximate surface area is 102 Å². The molecule has 1 atom stereocenters. The molecule has 1 aliphatic rings. The minimum absolute atomic E-state index is 0.305. The predicted octanol–water partition coefficient (Wildman–Crippen LogP) is 2.42. The SMILES string of the molecule is COc1ccccc1[C@@H](C)N1CCC(=O)CC1. The molecule has 17 heavy (non-hydrogen) atoms. The lowest BCUT2D eigenvalue weighted by Gasteiger charge is -2.32. The number of ketones is 1. The third kappa shape index (κ3) is 2.67. The summed E-state index contributed by atoms with van der Waals surface area (Å²) in [4.78, 5) is 13.6. The van der Waals surface area contributed by atoms with Crippen molar-refractivity contribution in [2.24, 2.45) is 0 Å². The predicted molar refractivity (Wildman–Crippen MR) is 67.2 cm³/mol. The van der Waals surface area contributed by atoms with Gasteiger partial charge < -0.3 is 4.74 Å². The fraction of sp³-hybridized carbons (Fsp3) is 0.500. The number of nitrogens with zero attached hydrogens (tertiary/aromatic N) is 1. The molecular formula is C14H19NO2. The standard InChI is InChI=1S/C14H19NO2/c1-11(15-9-7-12(16)8-10-15)13-5-3-4-6-14(13)17-2/h3-6,11H,7-10H2,1-2H3/t11-/m1/s1. The molecule has 1 fully saturated rings. The maximum absolute atomic E-state index is 11.2. The molecule has 0 amide bonds. The molecule has 3 nitrogen and oxygen atoms in total. The van der Waals surface area contributed by atoms with Crippen molar-refractivity contribution in [3.05, 3.63) is 29.8 Å². The van der Waals surface area contributed by atoms with Gasteiger partial charge in [0.05, 0.1) is 7.11 Å². The van der Waals surface area contributed by atoms with Crippen molar-refractivity contribution in [2.75, 3.05) is 20.2 Å². The van der Waals surface area contributed by atoms with Crippen molar-refractivity contribution in [1.82, 2.24) is 4.90 Å². The number of piperidine rings is 1. The molecule has 1 aliphatic heterocycles. The van der Waals surface area contributed by atoms with Gasteiger partial charge in [-0.05, 0) is 13.0 Å². The van der Waals surface area contributed by atoms with Gasteiger partial charge in [0.15, 0.2) is 0 Å². The molecule has 0 aliphatic carbocycles. The van der Waals surface area contributed by atoms with Crippen LogP contribution in [0.5, 0.6) is 5.75 Å². The number of ether oxygens (including phenoxy) is 1. The van der Waals surface area contributed by atoms with Crippen molar-refractivity contribution in [1.29, 1.82) is 0 Å². The number of hydrogen-bond acceptors (Lipinski definition) is 3. The molecule has 0 radical (unpaired) electrons. The molecule has 0 spiro atoms. The Hall–Kier alpha value is -1.35. The summed E-state index contributed by atoms with van der Waals surface area (Å²) in [7, 11) is 1.70. The highest BCUT2D eigenvalue weighted by molar-refractivity contribution is 5.79. The number of Topliss-reactive ketones (excluding diaryl/α,β-unsaturated/α-hetero) is 1. The third-order valence-electron chi connectivity index (χ3n) is 3.49. The van der Waals surface area contributed by atoms with Crippen LogP contribution in [0.2, 0.25) is 0 Å². The molecular weight excluding hydrogens is 214 g/mol. The lowest BCUT2D eigenvalue weighted by molar-refractivity contribution is -0.121. The zero-order chi connectivity index (χ0) is 12.3. The molecule has 1 heterocycles. The molecule has 0 N–H and O–H groups in total. The van der Waals surface area contributed by atoms with E-state index in [2.05, 4.69) is 17.9 Å². The van der Waals surface area contributed by atoms with Gasteiger partial charge in [0, 0.05) is 37.5 Å². The number of rotatable bonds is 3. The minimum atomic E-state index is 0.305. The van der Waals surface area contributed by atoms with Crippen molar-refractivity contribution < 1.29 is 9.53 Å². The Balaban J connectivity index is 2.13. The van der Waals surface area contributed by atoms with Crippen LogP contribution in [0.1, 0.15) is 31.4 Å². The molecule has 1 aromatic rings. The van der Waals surface area contributed by atoms with E-state index in [-0.39, 0.29) is 0 Å². The second-order valence-corrected chi connectivity index (χ2v) is 4.49. The maximum atomic E-state index is 11.2. The van der Waals surface area contributed by atoms with Crippen molar-refractivity contribution in [3.8, 4) is 5.75 Å². The molecule has 0 aromatic heterocycles. The maximum Gasteiger partial charge on any atom is 0.135 e. The van der Waals surface area contributed by atoms with Gasteiger partial charge in [-0.3, -0.25) is 9.69 Å². The summed E-state index contributed by atoms with van der Waals surface area (Å²) in [6, 6.07) is 8.40. The van der Waals surface area contributed by atoms with Gasteiger partial charge >= 0.3 is 0 Å². The first-order valence-electron chi connectivity index (χ1n) is 6.11. The lowest BCUT2D eigenvalue weighted by atomic mass is 10.0. The normalized spacial score (nSPS) is 19.1. The topological polar surface area (TPSA) is 29.5 Å². The van der Waals surface area contributed by atoms with E-state index in [0.717, 1.165) is 18.8 Å². The third-order valence-corrected chi connectivity index (χ3v) is 3.49. The van der Waals surface area contributed by atoms with Gasteiger partial charge in [-0.1, -0.05) is 18.2 Å². The fourth-order valence-electron chi connectivity index (χ4n) is 2.37. The van der Waals surface area contributed by atoms with Crippen LogP contribution in [0, 0.1) is 0 Å². The van der Waals surface area contributed by atoms with Crippen LogP contribution in [0.15, 0.2) is 24.3 Å². The van der Waals surface area contributed by atoms with Crippen LogP contribution < -0.4 is 4.74 Å². The first-order valence-corrected chi connectivity index (χ1v) is 6.11. The summed E-state index contributed by atoms with van der Waals surface area (Å²) in [5.41, 5.74) is 1.20. The highest BCUT2D eigenvalue weighted by atomic mass is 16.5. The Kier molecular flexibility index (Phi) is 3.79. The van der Waals surface area contributed by atoms with Gasteiger partial charge in [-0.25, -0.2) is 0 Å². The van der Waals surface area contributed by atoms with E-state index in [1.165, 1.54) is 5.56 Å². The molecule has 0 saturated carbocycles. The number of para-hydroxylation sites is 1. The Morgan fingerprint density at radius 2 is 1.88 bits per heavy atom. The quantitative estimate of drug-likeness (QED) is 0.803. The largest absolute Gasteiger partial charge is 0.496 e. The van der Waals surface area contributed by atoms with Crippen LogP contribution in [0.3, 0.4) is 0 Å². The number of carbonyl (C=O) groups excluding carboxylic acids is 1. The highest BCUT2D eigenvalue weighted by Crippen LogP contribution is 2.30. The van der Waals surface area contributed by atoms with E-state index in [9.17, 15) is 4.79 Å². The summed E-state index contributed by atoms with van der Waals surface area (Å²) in [5.74, 6) is 1.31. The molecule has 1 saturated heterocycles. The van der Waals surface area contributed by atoms with Gasteiger partial charge in [0.1, 0.15) is 11.5 Å². The Bertz CT molecular complexity index is 393. The molecule has 0 unspecified atom stereocenters. The average molecular weight is 233 g/mol. The first-order chi connectivity index (χ1) is 8.22. The summed E-state index contributed by atoms with van der Waals surface area (Å²) >= 11 is 0. The molecule has 2 rings (SSSR count). The molecule has 1 aromatic carbocycles. The van der Waals surface area contributed by atoms with Gasteiger partial charge in [0.2, 0.25) is 0 Å². The molecule has 3 heteroatoms. The number of likely N-dealkylation sites (tertiary alicyclic amines) is 1. The second kappa shape index (κ2) is 5.32. The monoisotopic (exact) mass is 233 g/mol. The zero-order valence-electron chi connectivity index (χ0n) is 10.5. The van der Waals surface area contributed by atoms with Crippen molar-refractivity contribution in [3.63, 3.8) is 0 Å². The van der Waals surface area contributed by atoms with Gasteiger partial charge in [-0.15, -0.1) is 0 Å². The van der Waals surface area contributed by atoms with Crippen LogP contribution in [-0.2, 0) is 4.79 Å². The molecule has 0 bridgehead atoms. The van der Waals surface area contributed by atoms with E-state index >= 15 is 0 Å². The van der Waals surface area contributed by atoms with E-state index < -0.39 is 0 Å². The fourth-order valence-corrected chi connectivity index (χ4v) is 2.37. The lowest BCUT2D eigenvalue weighted by Crippen LogP contribution is -2.35. The van der Waals surface area contributed by atoms with E-state index in [1.807, 2.05) is 18.2 Å². The van der Waals surface area contributed by atoms with Gasteiger partial charge in [-0.2, -0.15) is 0 Å². The molecule has 92 valence electrons. The van der Waals surface area contributed by atoms with Crippen LogP contribution in [0.4, 0.5) is 0 Å². The van der Waals surface area contributed by atoms with Crippen LogP contribution in [0.25, 0.3) is 0 Å². The number of hydrogen-bond donors (Lipinski definition) is 0. The summed E-state index contributed by atoms with van der Waals surface area (Å²) in [6.45, 7) is 3.89. The summed E-state index contributed by atoms with van der Waals surface area (Å²) in [5, 5.41) is 0. The number of benzene rings is 1. The zero-order valence-corrected chi connectivity index (χ0v) is 10.5. The Morgan fingerprint density at radius 3 is 2.53 bits per heavy atom. The van der Waals surface area contributed by atoms with E-state index in [4.69, 9.17) is 4.74 Å². The van der Waals surface area contributed by atoms with Gasteiger partial charge in [0.25, 0.3) is 0 Å². The Morgan fingerprint density at radius 1 is 1.24 bits per heavy atom. The van der Waals surface area contributed by atoms with Crippen LogP contribution in [-0.4, -0.2) is 30.9 Å². The van der Waals surface area contributed by atoms with Crippen LogP contribution >= 0.6 is 0 Å². The summed E-state index contributed by atoms with van der Waals surface area (Å²) < 4.78 is 5.38. The van der Waals surface area contributed by atoms with E-state index in [0.29, 0.717) is 24.7 Å². The second-order valence-electron chi connectivity index (χ2n) is 4.49. The summed E-state index contributed by atoms with van der Waals surface area (Å²) in [6.07, 6.45) is 1.36. The first kappa shape index (κ1) is 12.1. The highest BCUT2D eigenvalue weighted by Gasteiger charge is 2.23. The number of methoxy groups -OCH3 is 1. The smallest absolute Gasteiger partial charge is 0.135 e. The average Bonchev–Trinajstić information content (AvgIpc) is 2.39.